The maximum absolute atomic E-state index is 5.67. The number of rotatable bonds is 7. The SMILES string of the molecule is C1CCC(P(C2CCCCC2)C2CCCCC2)CC1.C1CCC(P(C2CCCCC2)C2CCCCC2)CC1.[Cl][Ru]([Cl])=[CH]C1=CCCC1. The Labute approximate surface area is 308 Å². The third-order valence-electron chi connectivity index (χ3n) is 13.3. The second kappa shape index (κ2) is 23.4. The quantitative estimate of drug-likeness (QED) is 0.177. The molecule has 6 fully saturated rings. The predicted molar refractivity (Wildman–Crippen MR) is 215 cm³/mol. The fraction of sp³-hybridized carbons (Fsp3) is 0.929. The molecule has 0 aromatic heterocycles. The number of hydrogen-bond acceptors (Lipinski definition) is 0. The summed E-state index contributed by atoms with van der Waals surface area (Å²) in [6, 6.07) is 0. The number of allylic oxidation sites excluding steroid dienone is 2. The molecular formula is C42H74Cl2P2Ru. The Morgan fingerprint density at radius 1 is 0.404 bits per heavy atom. The van der Waals surface area contributed by atoms with Gasteiger partial charge >= 0.3 is 68.4 Å². The van der Waals surface area contributed by atoms with Crippen LogP contribution in [0.1, 0.15) is 212 Å². The van der Waals surface area contributed by atoms with Gasteiger partial charge in [-0.3, -0.25) is 0 Å². The van der Waals surface area contributed by atoms with Gasteiger partial charge in [0.2, 0.25) is 0 Å². The van der Waals surface area contributed by atoms with Crippen molar-refractivity contribution >= 4 is 39.8 Å². The van der Waals surface area contributed by atoms with Crippen molar-refractivity contribution in [3.63, 3.8) is 0 Å². The van der Waals surface area contributed by atoms with E-state index < -0.39 is 13.5 Å². The molecule has 0 N–H and O–H groups in total. The van der Waals surface area contributed by atoms with E-state index in [1.54, 1.807) is 154 Å². The van der Waals surface area contributed by atoms with Crippen LogP contribution in [0.15, 0.2) is 11.6 Å². The van der Waals surface area contributed by atoms with Crippen molar-refractivity contribution in [2.45, 2.75) is 246 Å². The van der Waals surface area contributed by atoms with Crippen molar-refractivity contribution in [1.82, 2.24) is 0 Å². The van der Waals surface area contributed by atoms with Crippen LogP contribution in [0.25, 0.3) is 0 Å². The molecule has 0 aromatic rings. The van der Waals surface area contributed by atoms with Crippen LogP contribution < -0.4 is 0 Å². The first-order valence-corrected chi connectivity index (χ1v) is 29.8. The van der Waals surface area contributed by atoms with Gasteiger partial charge in [0.1, 0.15) is 0 Å². The van der Waals surface area contributed by atoms with Crippen LogP contribution in [0.5, 0.6) is 0 Å². The molecule has 0 amide bonds. The summed E-state index contributed by atoms with van der Waals surface area (Å²) in [5.41, 5.74) is 8.51. The molecule has 0 nitrogen and oxygen atoms in total. The minimum atomic E-state index is -1.51. The summed E-state index contributed by atoms with van der Waals surface area (Å²) in [4.78, 5) is 0. The van der Waals surface area contributed by atoms with Crippen LogP contribution in [-0.4, -0.2) is 38.6 Å². The van der Waals surface area contributed by atoms with E-state index in [2.05, 4.69) is 6.08 Å². The van der Waals surface area contributed by atoms with Gasteiger partial charge in [-0.05, 0) is 111 Å². The molecule has 0 aliphatic heterocycles. The first kappa shape index (κ1) is 39.9. The first-order chi connectivity index (χ1) is 23.2. The van der Waals surface area contributed by atoms with E-state index in [0.717, 1.165) is 0 Å². The summed E-state index contributed by atoms with van der Waals surface area (Å²) >= 11 is -1.51. The molecule has 0 bridgehead atoms. The Morgan fingerprint density at radius 3 is 0.851 bits per heavy atom. The maximum atomic E-state index is 5.67. The van der Waals surface area contributed by atoms with Crippen LogP contribution >= 0.6 is 35.2 Å². The van der Waals surface area contributed by atoms with Crippen molar-refractivity contribution < 1.29 is 13.5 Å². The summed E-state index contributed by atoms with van der Waals surface area (Å²) in [5.74, 6) is 0. The topological polar surface area (TPSA) is 0 Å². The second-order valence-corrected chi connectivity index (χ2v) is 28.5. The molecule has 0 aromatic carbocycles. The van der Waals surface area contributed by atoms with Crippen LogP contribution in [0.3, 0.4) is 0 Å². The molecule has 7 rings (SSSR count). The van der Waals surface area contributed by atoms with Gasteiger partial charge in [-0.1, -0.05) is 131 Å². The van der Waals surface area contributed by atoms with E-state index in [0.29, 0.717) is 15.8 Å². The molecule has 0 heterocycles. The normalized spacial score (nSPS) is 27.1. The third kappa shape index (κ3) is 13.9. The molecule has 7 aliphatic rings. The van der Waals surface area contributed by atoms with Crippen LogP contribution in [-0.2, 0) is 13.5 Å². The molecule has 274 valence electrons. The van der Waals surface area contributed by atoms with Crippen molar-refractivity contribution in [3.8, 4) is 0 Å². The molecule has 7 aliphatic carbocycles. The Kier molecular flexibility index (Phi) is 19.8. The Bertz CT molecular complexity index is 743. The van der Waals surface area contributed by atoms with Gasteiger partial charge in [0.15, 0.2) is 0 Å². The van der Waals surface area contributed by atoms with Crippen LogP contribution in [0.2, 0.25) is 0 Å². The van der Waals surface area contributed by atoms with Gasteiger partial charge in [-0.2, -0.15) is 0 Å². The van der Waals surface area contributed by atoms with Crippen molar-refractivity contribution in [1.29, 1.82) is 0 Å². The third-order valence-corrected chi connectivity index (χ3v) is 23.4. The molecule has 0 unspecified atom stereocenters. The van der Waals surface area contributed by atoms with Crippen molar-refractivity contribution in [2.75, 3.05) is 0 Å². The van der Waals surface area contributed by atoms with Gasteiger partial charge < -0.3 is 0 Å². The van der Waals surface area contributed by atoms with Gasteiger partial charge in [0.05, 0.1) is 0 Å². The average molecular weight is 813 g/mol. The standard InChI is InChI=1S/2C18H33P.C6H8.2ClH.Ru/c2*1-4-10-16(11-5-1)19(17-12-6-2-7-13-17)18-14-8-3-9-15-18;1-6-4-2-3-5-6;;;/h2*16-18H,1-15H2;1,4H,2-3,5H2;2*1H;/q;;;;;+2/p-2. The Balaban J connectivity index is 0.000000148. The molecule has 5 heteroatoms. The molecular weight excluding hydrogens is 738 g/mol. The fourth-order valence-corrected chi connectivity index (χ4v) is 22.4. The van der Waals surface area contributed by atoms with Crippen LogP contribution in [0, 0.1) is 0 Å². The average Bonchev–Trinajstić information content (AvgIpc) is 3.65. The van der Waals surface area contributed by atoms with Gasteiger partial charge in [0, 0.05) is 0 Å². The van der Waals surface area contributed by atoms with Crippen LogP contribution in [0.4, 0.5) is 0 Å². The monoisotopic (exact) mass is 812 g/mol. The van der Waals surface area contributed by atoms with E-state index in [1.807, 2.05) is 4.61 Å². The first-order valence-electron chi connectivity index (χ1n) is 21.3. The van der Waals surface area contributed by atoms with Gasteiger partial charge in [-0.15, -0.1) is 0 Å². The molecule has 6 saturated carbocycles. The molecule has 0 radical (unpaired) electrons. The molecule has 0 atom stereocenters. The van der Waals surface area contributed by atoms with Gasteiger partial charge in [-0.25, -0.2) is 0 Å². The van der Waals surface area contributed by atoms with E-state index in [-0.39, 0.29) is 0 Å². The zero-order chi connectivity index (χ0) is 32.5. The summed E-state index contributed by atoms with van der Waals surface area (Å²) in [6.07, 6.45) is 53.1. The number of hydrogen-bond donors (Lipinski definition) is 0. The van der Waals surface area contributed by atoms with Crippen molar-refractivity contribution in [2.24, 2.45) is 0 Å². The zero-order valence-corrected chi connectivity index (χ0v) is 35.5. The molecule has 0 spiro atoms. The summed E-state index contributed by atoms with van der Waals surface area (Å²) in [7, 11) is 12.1. The fourth-order valence-electron chi connectivity index (χ4n) is 11.0. The summed E-state index contributed by atoms with van der Waals surface area (Å²) < 4.78 is 2.04. The zero-order valence-electron chi connectivity index (χ0n) is 30.5. The summed E-state index contributed by atoms with van der Waals surface area (Å²) in [5, 5.41) is 0. The predicted octanol–water partition coefficient (Wildman–Crippen LogP) is 15.8. The Morgan fingerprint density at radius 2 is 0.660 bits per heavy atom. The van der Waals surface area contributed by atoms with E-state index >= 15 is 0 Å². The molecule has 47 heavy (non-hydrogen) atoms. The van der Waals surface area contributed by atoms with E-state index in [4.69, 9.17) is 19.4 Å². The second-order valence-electron chi connectivity index (χ2n) is 16.6. The summed E-state index contributed by atoms with van der Waals surface area (Å²) in [6.45, 7) is 0. The Hall–Kier alpha value is 1.67. The number of halogens is 2. The van der Waals surface area contributed by atoms with Gasteiger partial charge in [0.25, 0.3) is 0 Å². The van der Waals surface area contributed by atoms with E-state index in [1.165, 1.54) is 97.3 Å². The minimum absolute atomic E-state index is 0.385. The van der Waals surface area contributed by atoms with Crippen molar-refractivity contribution in [3.05, 3.63) is 11.6 Å². The van der Waals surface area contributed by atoms with E-state index in [9.17, 15) is 0 Å². The molecule has 0 saturated heterocycles.